The molecule has 0 fully saturated rings. The smallest absolute Gasteiger partial charge is 0.256 e. The first-order chi connectivity index (χ1) is 9.54. The van der Waals surface area contributed by atoms with Crippen LogP contribution in [-0.2, 0) is 4.79 Å². The second kappa shape index (κ2) is 4.93. The Hall–Kier alpha value is -1.84. The van der Waals surface area contributed by atoms with Gasteiger partial charge >= 0.3 is 0 Å². The van der Waals surface area contributed by atoms with Gasteiger partial charge in [0, 0.05) is 16.8 Å². The van der Waals surface area contributed by atoms with Gasteiger partial charge in [0.2, 0.25) is 0 Å². The zero-order valence-corrected chi connectivity index (χ0v) is 11.6. The normalized spacial score (nSPS) is 15.3. The minimum Gasteiger partial charge on any atom is -0.321 e. The zero-order chi connectivity index (χ0) is 14.3. The predicted octanol–water partition coefficient (Wildman–Crippen LogP) is 4.63. The molecule has 0 saturated heterocycles. The molecule has 0 aliphatic carbocycles. The maximum absolute atomic E-state index is 13.3. The van der Waals surface area contributed by atoms with Gasteiger partial charge in [-0.2, -0.15) is 0 Å². The van der Waals surface area contributed by atoms with Crippen LogP contribution in [0, 0.1) is 5.82 Å². The van der Waals surface area contributed by atoms with E-state index in [0.29, 0.717) is 26.9 Å². The fourth-order valence-electron chi connectivity index (χ4n) is 2.07. The Morgan fingerprint density at radius 3 is 2.60 bits per heavy atom. The number of benzene rings is 2. The molecule has 0 saturated carbocycles. The van der Waals surface area contributed by atoms with Gasteiger partial charge in [0.05, 0.1) is 10.0 Å². The van der Waals surface area contributed by atoms with Crippen LogP contribution in [-0.4, -0.2) is 5.91 Å². The predicted molar refractivity (Wildman–Crippen MR) is 79.4 cm³/mol. The number of amides is 1. The Morgan fingerprint density at radius 1 is 1.05 bits per heavy atom. The molecule has 2 nitrogen and oxygen atoms in total. The Morgan fingerprint density at radius 2 is 1.85 bits per heavy atom. The quantitative estimate of drug-likeness (QED) is 0.765. The molecule has 1 amide bonds. The first-order valence-corrected chi connectivity index (χ1v) is 6.58. The van der Waals surface area contributed by atoms with E-state index in [4.69, 9.17) is 23.2 Å². The summed E-state index contributed by atoms with van der Waals surface area (Å²) < 4.78 is 13.3. The summed E-state index contributed by atoms with van der Waals surface area (Å²) in [6.45, 7) is 0. The molecule has 0 unspecified atom stereocenters. The number of halogens is 3. The molecular weight excluding hydrogens is 300 g/mol. The molecule has 0 spiro atoms. The Labute approximate surface area is 124 Å². The minimum absolute atomic E-state index is 0.267. The average molecular weight is 308 g/mol. The van der Waals surface area contributed by atoms with E-state index in [1.165, 1.54) is 18.2 Å². The highest BCUT2D eigenvalue weighted by atomic mass is 35.5. The van der Waals surface area contributed by atoms with Gasteiger partial charge in [-0.25, -0.2) is 4.39 Å². The molecule has 1 heterocycles. The summed E-state index contributed by atoms with van der Waals surface area (Å²) in [6.07, 6.45) is 1.66. The molecule has 2 aromatic carbocycles. The van der Waals surface area contributed by atoms with Crippen molar-refractivity contribution in [3.8, 4) is 0 Å². The SMILES string of the molecule is O=C1Nc2ccc(F)cc2/C1=C\c1ccc(Cl)c(Cl)c1. The van der Waals surface area contributed by atoms with Crippen LogP contribution in [0.5, 0.6) is 0 Å². The second-order valence-electron chi connectivity index (χ2n) is 4.38. The number of hydrogen-bond donors (Lipinski definition) is 1. The topological polar surface area (TPSA) is 29.1 Å². The molecule has 5 heteroatoms. The standard InChI is InChI=1S/C15H8Cl2FNO/c16-12-3-1-8(6-13(12)17)5-11-10-7-9(18)2-4-14(10)19-15(11)20/h1-7H,(H,19,20)/b11-5+. The highest BCUT2D eigenvalue weighted by Crippen LogP contribution is 2.34. The van der Waals surface area contributed by atoms with Crippen molar-refractivity contribution in [3.63, 3.8) is 0 Å². The van der Waals surface area contributed by atoms with Crippen molar-refractivity contribution >= 4 is 46.4 Å². The number of rotatable bonds is 1. The number of fused-ring (bicyclic) bond motifs is 1. The lowest BCUT2D eigenvalue weighted by atomic mass is 10.0. The number of hydrogen-bond acceptors (Lipinski definition) is 1. The maximum atomic E-state index is 13.3. The Bertz CT molecular complexity index is 756. The van der Waals surface area contributed by atoms with Crippen LogP contribution in [0.4, 0.5) is 10.1 Å². The molecular formula is C15H8Cl2FNO. The van der Waals surface area contributed by atoms with Gasteiger partial charge in [-0.3, -0.25) is 4.79 Å². The summed E-state index contributed by atoms with van der Waals surface area (Å²) in [5, 5.41) is 3.53. The number of carbonyl (C=O) groups excluding carboxylic acids is 1. The monoisotopic (exact) mass is 307 g/mol. The van der Waals surface area contributed by atoms with E-state index >= 15 is 0 Å². The molecule has 0 bridgehead atoms. The molecule has 100 valence electrons. The number of carbonyl (C=O) groups is 1. The summed E-state index contributed by atoms with van der Waals surface area (Å²) >= 11 is 11.8. The molecule has 1 aliphatic heterocycles. The van der Waals surface area contributed by atoms with Gasteiger partial charge in [0.15, 0.2) is 0 Å². The van der Waals surface area contributed by atoms with Crippen LogP contribution < -0.4 is 5.32 Å². The van der Waals surface area contributed by atoms with E-state index in [2.05, 4.69) is 5.32 Å². The van der Waals surface area contributed by atoms with Gasteiger partial charge in [-0.1, -0.05) is 29.3 Å². The van der Waals surface area contributed by atoms with Crippen LogP contribution in [0.3, 0.4) is 0 Å². The van der Waals surface area contributed by atoms with Crippen molar-refractivity contribution in [3.05, 3.63) is 63.4 Å². The number of nitrogens with one attached hydrogen (secondary N) is 1. The van der Waals surface area contributed by atoms with E-state index in [1.54, 1.807) is 24.3 Å². The van der Waals surface area contributed by atoms with Gasteiger partial charge in [-0.15, -0.1) is 0 Å². The van der Waals surface area contributed by atoms with Crippen molar-refractivity contribution < 1.29 is 9.18 Å². The van der Waals surface area contributed by atoms with E-state index in [9.17, 15) is 9.18 Å². The lowest BCUT2D eigenvalue weighted by Crippen LogP contribution is -2.03. The van der Waals surface area contributed by atoms with Gasteiger partial charge in [0.25, 0.3) is 5.91 Å². The van der Waals surface area contributed by atoms with Gasteiger partial charge in [0.1, 0.15) is 5.82 Å². The van der Waals surface area contributed by atoms with Crippen LogP contribution in [0.25, 0.3) is 11.6 Å². The summed E-state index contributed by atoms with van der Waals surface area (Å²) in [5.41, 5.74) is 2.27. The first kappa shape index (κ1) is 13.2. The van der Waals surface area contributed by atoms with Crippen molar-refractivity contribution in [1.82, 2.24) is 0 Å². The molecule has 1 N–H and O–H groups in total. The van der Waals surface area contributed by atoms with E-state index in [-0.39, 0.29) is 11.7 Å². The molecule has 3 rings (SSSR count). The van der Waals surface area contributed by atoms with Crippen LogP contribution in [0.1, 0.15) is 11.1 Å². The Balaban J connectivity index is 2.10. The molecule has 1 aliphatic rings. The molecule has 2 aromatic rings. The fourth-order valence-corrected chi connectivity index (χ4v) is 2.38. The highest BCUT2D eigenvalue weighted by Gasteiger charge is 2.24. The van der Waals surface area contributed by atoms with Crippen LogP contribution in [0.2, 0.25) is 10.0 Å². The summed E-state index contributed by atoms with van der Waals surface area (Å²) in [5.74, 6) is -0.656. The first-order valence-electron chi connectivity index (χ1n) is 5.82. The number of anilines is 1. The largest absolute Gasteiger partial charge is 0.321 e. The summed E-state index contributed by atoms with van der Waals surface area (Å²) in [7, 11) is 0. The van der Waals surface area contributed by atoms with E-state index < -0.39 is 0 Å². The Kier molecular flexibility index (Phi) is 3.24. The van der Waals surface area contributed by atoms with Crippen LogP contribution in [0.15, 0.2) is 36.4 Å². The maximum Gasteiger partial charge on any atom is 0.256 e. The van der Waals surface area contributed by atoms with Gasteiger partial charge < -0.3 is 5.32 Å². The fraction of sp³-hybridized carbons (Fsp3) is 0. The summed E-state index contributed by atoms with van der Waals surface area (Å²) in [6, 6.07) is 9.22. The van der Waals surface area contributed by atoms with E-state index in [0.717, 1.165) is 5.56 Å². The third-order valence-corrected chi connectivity index (χ3v) is 3.76. The van der Waals surface area contributed by atoms with Crippen LogP contribution >= 0.6 is 23.2 Å². The van der Waals surface area contributed by atoms with Gasteiger partial charge in [-0.05, 0) is 42.0 Å². The van der Waals surface area contributed by atoms with Crippen molar-refractivity contribution in [1.29, 1.82) is 0 Å². The average Bonchev–Trinajstić information content (AvgIpc) is 2.70. The third-order valence-electron chi connectivity index (χ3n) is 3.02. The van der Waals surface area contributed by atoms with Crippen molar-refractivity contribution in [2.45, 2.75) is 0 Å². The molecule has 0 radical (unpaired) electrons. The second-order valence-corrected chi connectivity index (χ2v) is 5.19. The van der Waals surface area contributed by atoms with Crippen molar-refractivity contribution in [2.75, 3.05) is 5.32 Å². The molecule has 20 heavy (non-hydrogen) atoms. The highest BCUT2D eigenvalue weighted by molar-refractivity contribution is 6.42. The molecule has 0 aromatic heterocycles. The third kappa shape index (κ3) is 2.30. The minimum atomic E-state index is -0.389. The lowest BCUT2D eigenvalue weighted by Gasteiger charge is -2.01. The summed E-state index contributed by atoms with van der Waals surface area (Å²) in [4.78, 5) is 11.9. The van der Waals surface area contributed by atoms with Crippen molar-refractivity contribution in [2.24, 2.45) is 0 Å². The van der Waals surface area contributed by atoms with E-state index in [1.807, 2.05) is 0 Å². The zero-order valence-electron chi connectivity index (χ0n) is 10.1. The lowest BCUT2D eigenvalue weighted by molar-refractivity contribution is -0.110. The molecule has 0 atom stereocenters.